The van der Waals surface area contributed by atoms with Crippen LogP contribution in [0.1, 0.15) is 311 Å². The lowest BCUT2D eigenvalue weighted by atomic mass is 10.1. The van der Waals surface area contributed by atoms with Gasteiger partial charge in [-0.05, 0) is 98.9 Å². The molecule has 0 fully saturated rings. The molecule has 0 aromatic heterocycles. The molecule has 3 heteroatoms. The Hall–Kier alpha value is -0.120. The van der Waals surface area contributed by atoms with Crippen LogP contribution in [0.4, 0.5) is 0 Å². The van der Waals surface area contributed by atoms with Crippen molar-refractivity contribution in [3.63, 3.8) is 0 Å². The van der Waals surface area contributed by atoms with E-state index >= 15 is 0 Å². The fraction of sp³-hybridized carbons (Fsp3) is 1.00. The van der Waals surface area contributed by atoms with Crippen LogP contribution in [0.2, 0.25) is 0 Å². The Balaban J connectivity index is -0.000000816. The number of nitrogens with zero attached hydrogens (tertiary/aromatic N) is 3. The van der Waals surface area contributed by atoms with Crippen molar-refractivity contribution in [3.05, 3.63) is 0 Å². The molecule has 366 valence electrons. The average molecular weight is 851 g/mol. The molecule has 0 N–H and O–H groups in total. The molecule has 0 aliphatic rings. The van der Waals surface area contributed by atoms with Gasteiger partial charge in [-0.15, -0.1) is 0 Å². The van der Waals surface area contributed by atoms with E-state index in [1.165, 1.54) is 309 Å². The third-order valence-electron chi connectivity index (χ3n) is 12.9. The van der Waals surface area contributed by atoms with Gasteiger partial charge in [-0.3, -0.25) is 0 Å². The SMILES string of the molecule is CCCCCCCCCCN(C)CCCCCCCC.CCCCCCCCCCN(C)CCCCCCCCCC.CCCCCCCCN(C)CCCCCCCC. The van der Waals surface area contributed by atoms with Gasteiger partial charge in [0, 0.05) is 0 Å². The summed E-state index contributed by atoms with van der Waals surface area (Å²) in [4.78, 5) is 7.62. The van der Waals surface area contributed by atoms with E-state index in [9.17, 15) is 0 Å². The van der Waals surface area contributed by atoms with E-state index in [-0.39, 0.29) is 0 Å². The van der Waals surface area contributed by atoms with E-state index < -0.39 is 0 Å². The van der Waals surface area contributed by atoms with E-state index in [0.717, 1.165) is 0 Å². The Labute approximate surface area is 384 Å². The molecule has 0 saturated carbocycles. The molecular weight excluding hydrogens is 727 g/mol. The third kappa shape index (κ3) is 64.5. The maximum Gasteiger partial charge on any atom is -0.00218 e. The number of hydrogen-bond acceptors (Lipinski definition) is 3. The Bertz CT molecular complexity index is 646. The molecule has 60 heavy (non-hydrogen) atoms. The van der Waals surface area contributed by atoms with Crippen LogP contribution in [0.3, 0.4) is 0 Å². The van der Waals surface area contributed by atoms with E-state index in [2.05, 4.69) is 77.4 Å². The summed E-state index contributed by atoms with van der Waals surface area (Å²) >= 11 is 0. The first kappa shape index (κ1) is 64.2. The van der Waals surface area contributed by atoms with Crippen LogP contribution in [-0.4, -0.2) is 75.1 Å². The summed E-state index contributed by atoms with van der Waals surface area (Å²) in [6, 6.07) is 0. The average Bonchev–Trinajstić information content (AvgIpc) is 3.25. The summed E-state index contributed by atoms with van der Waals surface area (Å²) in [5, 5.41) is 0. The van der Waals surface area contributed by atoms with Crippen LogP contribution < -0.4 is 0 Å². The molecule has 0 atom stereocenters. The maximum atomic E-state index is 2.55. The monoisotopic (exact) mass is 850 g/mol. The van der Waals surface area contributed by atoms with Gasteiger partial charge in [0.2, 0.25) is 0 Å². The van der Waals surface area contributed by atoms with Crippen LogP contribution in [0, 0.1) is 0 Å². The summed E-state index contributed by atoms with van der Waals surface area (Å²) in [5.41, 5.74) is 0. The fourth-order valence-electron chi connectivity index (χ4n) is 8.37. The van der Waals surface area contributed by atoms with Crippen LogP contribution in [0.25, 0.3) is 0 Å². The van der Waals surface area contributed by atoms with Gasteiger partial charge in [0.15, 0.2) is 0 Å². The molecule has 0 aliphatic heterocycles. The van der Waals surface area contributed by atoms with E-state index in [0.29, 0.717) is 0 Å². The molecule has 0 heterocycles. The normalized spacial score (nSPS) is 11.4. The lowest BCUT2D eigenvalue weighted by Crippen LogP contribution is -2.20. The van der Waals surface area contributed by atoms with Gasteiger partial charge in [-0.1, -0.05) is 273 Å². The summed E-state index contributed by atoms with van der Waals surface area (Å²) in [6.45, 7) is 21.6. The molecule has 0 radical (unpaired) electrons. The van der Waals surface area contributed by atoms with Gasteiger partial charge in [0.1, 0.15) is 0 Å². The van der Waals surface area contributed by atoms with E-state index in [4.69, 9.17) is 0 Å². The minimum Gasteiger partial charge on any atom is -0.306 e. The molecule has 0 aromatic rings. The zero-order valence-corrected chi connectivity index (χ0v) is 44.3. The van der Waals surface area contributed by atoms with Crippen LogP contribution in [0.5, 0.6) is 0 Å². The maximum absolute atomic E-state index is 2.55. The smallest absolute Gasteiger partial charge is 0.00218 e. The molecule has 0 aliphatic carbocycles. The van der Waals surface area contributed by atoms with Crippen LogP contribution in [-0.2, 0) is 0 Å². The van der Waals surface area contributed by atoms with Crippen LogP contribution >= 0.6 is 0 Å². The van der Waals surface area contributed by atoms with Gasteiger partial charge in [-0.2, -0.15) is 0 Å². The van der Waals surface area contributed by atoms with Crippen molar-refractivity contribution in [2.75, 3.05) is 60.4 Å². The Kier molecular flexibility index (Phi) is 65.2. The Morgan fingerprint density at radius 3 is 0.367 bits per heavy atom. The van der Waals surface area contributed by atoms with Crippen molar-refractivity contribution in [2.24, 2.45) is 0 Å². The highest BCUT2D eigenvalue weighted by atomic mass is 15.1. The third-order valence-corrected chi connectivity index (χ3v) is 12.9. The lowest BCUT2D eigenvalue weighted by Gasteiger charge is -2.16. The largest absolute Gasteiger partial charge is 0.306 e. The van der Waals surface area contributed by atoms with E-state index in [1.54, 1.807) is 0 Å². The van der Waals surface area contributed by atoms with Gasteiger partial charge in [0.25, 0.3) is 0 Å². The highest BCUT2D eigenvalue weighted by Crippen LogP contribution is 2.13. The summed E-state index contributed by atoms with van der Waals surface area (Å²) in [7, 11) is 6.90. The Morgan fingerprint density at radius 2 is 0.250 bits per heavy atom. The Morgan fingerprint density at radius 1 is 0.150 bits per heavy atom. The van der Waals surface area contributed by atoms with Crippen LogP contribution in [0.15, 0.2) is 0 Å². The van der Waals surface area contributed by atoms with Crippen molar-refractivity contribution in [1.29, 1.82) is 0 Å². The lowest BCUT2D eigenvalue weighted by molar-refractivity contribution is 0.314. The van der Waals surface area contributed by atoms with E-state index in [1.807, 2.05) is 0 Å². The van der Waals surface area contributed by atoms with Crippen molar-refractivity contribution in [3.8, 4) is 0 Å². The first-order valence-corrected chi connectivity index (χ1v) is 28.5. The minimum atomic E-state index is 1.31. The fourth-order valence-corrected chi connectivity index (χ4v) is 8.37. The molecule has 3 nitrogen and oxygen atoms in total. The molecule has 0 amide bonds. The molecule has 0 unspecified atom stereocenters. The predicted octanol–water partition coefficient (Wildman–Crippen LogP) is 19.3. The predicted molar refractivity (Wildman–Crippen MR) is 280 cm³/mol. The number of unbranched alkanes of at least 4 members (excludes halogenated alkanes) is 36. The molecule has 0 spiro atoms. The van der Waals surface area contributed by atoms with Crippen molar-refractivity contribution in [1.82, 2.24) is 14.7 Å². The quantitative estimate of drug-likeness (QED) is 0.0565. The molecule has 0 bridgehead atoms. The summed E-state index contributed by atoms with van der Waals surface area (Å²) in [6.07, 6.45) is 59.9. The number of rotatable bonds is 48. The van der Waals surface area contributed by atoms with Gasteiger partial charge >= 0.3 is 0 Å². The standard InChI is InChI=1S/C21H45N.C19H41N.C17H37N/c1-4-6-8-10-12-14-16-18-20-22(3)21-19-17-15-13-11-9-7-5-2;1-4-6-8-10-12-13-15-17-19-20(3)18-16-14-11-9-7-5-2;1-4-6-8-10-12-14-16-18(3)17-15-13-11-9-7-5-2/h4-21H2,1-3H3;4-19H2,1-3H3;4-17H2,1-3H3. The highest BCUT2D eigenvalue weighted by Gasteiger charge is 2.01. The second-order valence-corrected chi connectivity index (χ2v) is 19.6. The second-order valence-electron chi connectivity index (χ2n) is 19.6. The molecule has 0 rings (SSSR count). The summed E-state index contributed by atoms with van der Waals surface area (Å²) < 4.78 is 0. The minimum absolute atomic E-state index is 1.31. The van der Waals surface area contributed by atoms with Crippen molar-refractivity contribution >= 4 is 0 Å². The zero-order valence-electron chi connectivity index (χ0n) is 44.3. The topological polar surface area (TPSA) is 9.72 Å². The van der Waals surface area contributed by atoms with Gasteiger partial charge in [-0.25, -0.2) is 0 Å². The van der Waals surface area contributed by atoms with Gasteiger partial charge in [0.05, 0.1) is 0 Å². The first-order valence-electron chi connectivity index (χ1n) is 28.5. The molecular formula is C57H123N3. The molecule has 0 aromatic carbocycles. The zero-order chi connectivity index (χ0) is 44.7. The van der Waals surface area contributed by atoms with Gasteiger partial charge < -0.3 is 14.7 Å². The van der Waals surface area contributed by atoms with Crippen molar-refractivity contribution < 1.29 is 0 Å². The molecule has 0 saturated heterocycles. The first-order chi connectivity index (χ1) is 29.4. The highest BCUT2D eigenvalue weighted by molar-refractivity contribution is 4.57. The second kappa shape index (κ2) is 61.0. The number of hydrogen-bond donors (Lipinski definition) is 0. The summed E-state index contributed by atoms with van der Waals surface area (Å²) in [5.74, 6) is 0. The van der Waals surface area contributed by atoms with Crippen molar-refractivity contribution in [2.45, 2.75) is 311 Å².